The summed E-state index contributed by atoms with van der Waals surface area (Å²) in [7, 11) is -1.88. The molecule has 100 valence electrons. The molecule has 0 spiro atoms. The number of halogens is 1. The van der Waals surface area contributed by atoms with E-state index in [2.05, 4.69) is 0 Å². The summed E-state index contributed by atoms with van der Waals surface area (Å²) in [5.41, 5.74) is 0. The Morgan fingerprint density at radius 1 is 1.33 bits per heavy atom. The molecule has 0 heterocycles. The molecule has 0 unspecified atom stereocenters. The van der Waals surface area contributed by atoms with Gasteiger partial charge in [-0.05, 0) is 37.1 Å². The van der Waals surface area contributed by atoms with Crippen molar-refractivity contribution in [3.05, 3.63) is 24.3 Å². The monoisotopic (exact) mass is 289 g/mol. The van der Waals surface area contributed by atoms with Gasteiger partial charge < -0.3 is 4.74 Å². The van der Waals surface area contributed by atoms with Crippen LogP contribution < -0.4 is 4.74 Å². The Hall–Kier alpha value is -0.780. The topological polar surface area (TPSA) is 46.6 Å². The minimum Gasteiger partial charge on any atom is -0.497 e. The zero-order valence-electron chi connectivity index (χ0n) is 10.2. The van der Waals surface area contributed by atoms with E-state index in [0.29, 0.717) is 23.1 Å². The lowest BCUT2D eigenvalue weighted by Crippen LogP contribution is -2.34. The van der Waals surface area contributed by atoms with Crippen LogP contribution in [0, 0.1) is 0 Å². The molecule has 1 fully saturated rings. The summed E-state index contributed by atoms with van der Waals surface area (Å²) in [5, 5.41) is 0. The Labute approximate surface area is 113 Å². The maximum atomic E-state index is 12.4. The summed E-state index contributed by atoms with van der Waals surface area (Å²) in [6.07, 6.45) is 1.85. The molecule has 1 aromatic rings. The van der Waals surface area contributed by atoms with E-state index in [-0.39, 0.29) is 6.04 Å². The van der Waals surface area contributed by atoms with E-state index in [1.807, 2.05) is 0 Å². The first-order valence-corrected chi connectivity index (χ1v) is 7.79. The van der Waals surface area contributed by atoms with Gasteiger partial charge in [-0.25, -0.2) is 8.42 Å². The molecule has 6 heteroatoms. The highest BCUT2D eigenvalue weighted by Crippen LogP contribution is 2.32. The number of nitrogens with zero attached hydrogens (tertiary/aromatic N) is 1. The average Bonchev–Trinajstić information content (AvgIpc) is 3.20. The maximum absolute atomic E-state index is 12.4. The third kappa shape index (κ3) is 2.79. The number of ether oxygens (including phenoxy) is 1. The Bertz CT molecular complexity index is 497. The predicted molar refractivity (Wildman–Crippen MR) is 70.6 cm³/mol. The average molecular weight is 290 g/mol. The number of alkyl halides is 1. The molecule has 0 bridgehead atoms. The van der Waals surface area contributed by atoms with Crippen LogP contribution >= 0.6 is 11.6 Å². The molecule has 1 saturated carbocycles. The SMILES string of the molecule is COc1ccc(S(=O)(=O)N(CCCl)C2CC2)cc1. The van der Waals surface area contributed by atoms with Gasteiger partial charge in [0, 0.05) is 18.5 Å². The fourth-order valence-electron chi connectivity index (χ4n) is 1.83. The van der Waals surface area contributed by atoms with Crippen LogP contribution in [0.25, 0.3) is 0 Å². The smallest absolute Gasteiger partial charge is 0.243 e. The number of benzene rings is 1. The van der Waals surface area contributed by atoms with E-state index in [9.17, 15) is 8.42 Å². The normalized spacial score (nSPS) is 15.9. The van der Waals surface area contributed by atoms with Crippen LogP contribution in [0.4, 0.5) is 0 Å². The lowest BCUT2D eigenvalue weighted by molar-refractivity contribution is 0.413. The second kappa shape index (κ2) is 5.47. The van der Waals surface area contributed by atoms with Crippen molar-refractivity contribution in [1.29, 1.82) is 0 Å². The Balaban J connectivity index is 2.27. The van der Waals surface area contributed by atoms with Gasteiger partial charge in [0.25, 0.3) is 0 Å². The highest BCUT2D eigenvalue weighted by atomic mass is 35.5. The minimum atomic E-state index is -3.43. The molecule has 1 aliphatic carbocycles. The number of methoxy groups -OCH3 is 1. The summed E-state index contributed by atoms with van der Waals surface area (Å²) < 4.78 is 31.4. The van der Waals surface area contributed by atoms with Gasteiger partial charge in [-0.1, -0.05) is 0 Å². The Kier molecular flexibility index (Phi) is 4.14. The van der Waals surface area contributed by atoms with Gasteiger partial charge in [0.2, 0.25) is 10.0 Å². The van der Waals surface area contributed by atoms with Crippen LogP contribution in [0.1, 0.15) is 12.8 Å². The van der Waals surface area contributed by atoms with Crippen LogP contribution in [0.2, 0.25) is 0 Å². The van der Waals surface area contributed by atoms with Crippen molar-refractivity contribution in [1.82, 2.24) is 4.31 Å². The summed E-state index contributed by atoms with van der Waals surface area (Å²) >= 11 is 5.68. The molecule has 0 aromatic heterocycles. The first-order valence-electron chi connectivity index (χ1n) is 5.81. The van der Waals surface area contributed by atoms with Crippen LogP contribution in [0.15, 0.2) is 29.2 Å². The number of rotatable bonds is 6. The number of sulfonamides is 1. The molecule has 0 saturated heterocycles. The van der Waals surface area contributed by atoms with Crippen molar-refractivity contribution in [2.75, 3.05) is 19.5 Å². The van der Waals surface area contributed by atoms with Crippen molar-refractivity contribution in [2.45, 2.75) is 23.8 Å². The largest absolute Gasteiger partial charge is 0.497 e. The second-order valence-corrected chi connectivity index (χ2v) is 6.48. The molecule has 1 aliphatic rings. The van der Waals surface area contributed by atoms with Crippen LogP contribution in [0.5, 0.6) is 5.75 Å². The van der Waals surface area contributed by atoms with Gasteiger partial charge in [-0.15, -0.1) is 11.6 Å². The number of hydrogen-bond donors (Lipinski definition) is 0. The molecule has 1 aromatic carbocycles. The standard InChI is InChI=1S/C12H16ClNO3S/c1-17-11-4-6-12(7-5-11)18(15,16)14(9-8-13)10-2-3-10/h4-7,10H,2-3,8-9H2,1H3. The van der Waals surface area contributed by atoms with E-state index >= 15 is 0 Å². The third-order valence-corrected chi connectivity index (χ3v) is 5.06. The lowest BCUT2D eigenvalue weighted by atomic mass is 10.3. The van der Waals surface area contributed by atoms with Crippen molar-refractivity contribution in [2.24, 2.45) is 0 Å². The molecule has 18 heavy (non-hydrogen) atoms. The van der Waals surface area contributed by atoms with Gasteiger partial charge in [-0.3, -0.25) is 0 Å². The van der Waals surface area contributed by atoms with Crippen molar-refractivity contribution >= 4 is 21.6 Å². The maximum Gasteiger partial charge on any atom is 0.243 e. The second-order valence-electron chi connectivity index (χ2n) is 4.21. The predicted octanol–water partition coefficient (Wildman–Crippen LogP) is 2.09. The van der Waals surface area contributed by atoms with Crippen LogP contribution in [-0.2, 0) is 10.0 Å². The fourth-order valence-corrected chi connectivity index (χ4v) is 3.80. The summed E-state index contributed by atoms with van der Waals surface area (Å²) in [5.74, 6) is 0.954. The quantitative estimate of drug-likeness (QED) is 0.753. The van der Waals surface area contributed by atoms with Crippen LogP contribution in [0.3, 0.4) is 0 Å². The number of hydrogen-bond acceptors (Lipinski definition) is 3. The van der Waals surface area contributed by atoms with Crippen molar-refractivity contribution in [3.63, 3.8) is 0 Å². The molecule has 2 rings (SSSR count). The van der Waals surface area contributed by atoms with Gasteiger partial charge in [-0.2, -0.15) is 4.31 Å². The van der Waals surface area contributed by atoms with E-state index in [4.69, 9.17) is 16.3 Å². The van der Waals surface area contributed by atoms with Crippen molar-refractivity contribution < 1.29 is 13.2 Å². The van der Waals surface area contributed by atoms with Crippen LogP contribution in [-0.4, -0.2) is 38.3 Å². The zero-order chi connectivity index (χ0) is 13.2. The molecule has 0 amide bonds. The molecule has 0 aliphatic heterocycles. The first kappa shape index (κ1) is 13.6. The molecule has 4 nitrogen and oxygen atoms in total. The van der Waals surface area contributed by atoms with E-state index in [0.717, 1.165) is 12.8 Å². The van der Waals surface area contributed by atoms with Gasteiger partial charge in [0.05, 0.1) is 12.0 Å². The molecule has 0 atom stereocenters. The van der Waals surface area contributed by atoms with E-state index < -0.39 is 10.0 Å². The molecule has 0 radical (unpaired) electrons. The summed E-state index contributed by atoms with van der Waals surface area (Å²) in [4.78, 5) is 0.292. The van der Waals surface area contributed by atoms with Crippen molar-refractivity contribution in [3.8, 4) is 5.75 Å². The van der Waals surface area contributed by atoms with Gasteiger partial charge in [0.15, 0.2) is 0 Å². The summed E-state index contributed by atoms with van der Waals surface area (Å²) in [6, 6.07) is 6.56. The Morgan fingerprint density at radius 2 is 1.94 bits per heavy atom. The molecular weight excluding hydrogens is 274 g/mol. The first-order chi connectivity index (χ1) is 8.59. The fraction of sp³-hybridized carbons (Fsp3) is 0.500. The zero-order valence-corrected chi connectivity index (χ0v) is 11.7. The van der Waals surface area contributed by atoms with Gasteiger partial charge in [0.1, 0.15) is 5.75 Å². The third-order valence-electron chi connectivity index (χ3n) is 2.93. The molecule has 0 N–H and O–H groups in total. The van der Waals surface area contributed by atoms with Gasteiger partial charge >= 0.3 is 0 Å². The highest BCUT2D eigenvalue weighted by Gasteiger charge is 2.37. The molecular formula is C12H16ClNO3S. The summed E-state index contributed by atoms with van der Waals surface area (Å²) in [6.45, 7) is 0.362. The highest BCUT2D eigenvalue weighted by molar-refractivity contribution is 7.89. The minimum absolute atomic E-state index is 0.121. The Morgan fingerprint density at radius 3 is 2.39 bits per heavy atom. The van der Waals surface area contributed by atoms with E-state index in [1.165, 1.54) is 4.31 Å². The lowest BCUT2D eigenvalue weighted by Gasteiger charge is -2.20. The van der Waals surface area contributed by atoms with E-state index in [1.54, 1.807) is 31.4 Å².